The van der Waals surface area contributed by atoms with Gasteiger partial charge < -0.3 is 10.1 Å². The summed E-state index contributed by atoms with van der Waals surface area (Å²) in [5.74, 6) is -0.211. The van der Waals surface area contributed by atoms with Crippen LogP contribution in [-0.2, 0) is 16.1 Å². The molecule has 6 heteroatoms. The number of hydrogen-bond donors (Lipinski definition) is 1. The molecule has 0 spiro atoms. The van der Waals surface area contributed by atoms with Gasteiger partial charge in [0.2, 0.25) is 5.91 Å². The lowest BCUT2D eigenvalue weighted by molar-refractivity contribution is -0.117. The number of nitrogens with one attached hydrogen (secondary N) is 1. The lowest BCUT2D eigenvalue weighted by Gasteiger charge is -2.03. The molecule has 0 saturated heterocycles. The lowest BCUT2D eigenvalue weighted by atomic mass is 10.3. The van der Waals surface area contributed by atoms with Gasteiger partial charge in [0.15, 0.2) is 0 Å². The fraction of sp³-hybridized carbons (Fsp3) is 0.312. The van der Waals surface area contributed by atoms with Crippen molar-refractivity contribution in [3.05, 3.63) is 46.6 Å². The van der Waals surface area contributed by atoms with Gasteiger partial charge in [-0.25, -0.2) is 4.79 Å². The summed E-state index contributed by atoms with van der Waals surface area (Å²) >= 11 is 1.25. The Labute approximate surface area is 132 Å². The zero-order chi connectivity index (χ0) is 15.5. The Morgan fingerprint density at radius 3 is 2.91 bits per heavy atom. The van der Waals surface area contributed by atoms with E-state index in [1.54, 1.807) is 12.3 Å². The first-order chi connectivity index (χ1) is 10.6. The normalized spacial score (nSPS) is 13.7. The van der Waals surface area contributed by atoms with E-state index in [0.717, 1.165) is 18.4 Å². The van der Waals surface area contributed by atoms with Crippen molar-refractivity contribution >= 4 is 28.2 Å². The van der Waals surface area contributed by atoms with Crippen LogP contribution in [0, 0.1) is 12.8 Å². The van der Waals surface area contributed by atoms with E-state index in [-0.39, 0.29) is 24.4 Å². The fourth-order valence-corrected chi connectivity index (χ4v) is 2.97. The van der Waals surface area contributed by atoms with Crippen molar-refractivity contribution < 1.29 is 14.3 Å². The Balaban J connectivity index is 1.62. The van der Waals surface area contributed by atoms with Gasteiger partial charge in [0.1, 0.15) is 11.5 Å². The van der Waals surface area contributed by atoms with Gasteiger partial charge in [-0.15, -0.1) is 11.3 Å². The fourth-order valence-electron chi connectivity index (χ4n) is 2.00. The van der Waals surface area contributed by atoms with E-state index in [9.17, 15) is 9.59 Å². The molecule has 114 valence electrons. The highest BCUT2D eigenvalue weighted by Gasteiger charge is 2.30. The van der Waals surface area contributed by atoms with E-state index in [1.165, 1.54) is 11.3 Å². The van der Waals surface area contributed by atoms with E-state index in [1.807, 2.05) is 25.1 Å². The van der Waals surface area contributed by atoms with Crippen LogP contribution in [0.15, 0.2) is 30.5 Å². The van der Waals surface area contributed by atoms with Crippen molar-refractivity contribution in [1.82, 2.24) is 4.98 Å². The number of nitrogens with zero attached hydrogens (tertiary/aromatic N) is 1. The summed E-state index contributed by atoms with van der Waals surface area (Å²) in [6.45, 7) is 1.97. The molecule has 0 radical (unpaired) electrons. The Bertz CT molecular complexity index is 693. The quantitative estimate of drug-likeness (QED) is 0.860. The minimum Gasteiger partial charge on any atom is -0.455 e. The van der Waals surface area contributed by atoms with Crippen LogP contribution in [0.2, 0.25) is 0 Å². The van der Waals surface area contributed by atoms with Gasteiger partial charge in [0.05, 0.1) is 10.7 Å². The first-order valence-electron chi connectivity index (χ1n) is 7.12. The predicted molar refractivity (Wildman–Crippen MR) is 83.8 cm³/mol. The molecule has 2 aromatic rings. The van der Waals surface area contributed by atoms with Crippen LogP contribution in [-0.4, -0.2) is 16.9 Å². The number of aromatic nitrogens is 1. The molecular weight excluding hydrogens is 300 g/mol. The standard InChI is InChI=1S/C16H16N2O3S/c1-10-8-13(18-15(19)11-5-6-11)22-14(10)16(20)21-9-12-4-2-3-7-17-12/h2-4,7-8,11H,5-6,9H2,1H3,(H,18,19). The van der Waals surface area contributed by atoms with Gasteiger partial charge in [-0.1, -0.05) is 6.07 Å². The molecule has 1 N–H and O–H groups in total. The number of rotatable bonds is 5. The molecule has 0 aliphatic heterocycles. The summed E-state index contributed by atoms with van der Waals surface area (Å²) in [4.78, 5) is 28.5. The zero-order valence-corrected chi connectivity index (χ0v) is 13.0. The number of esters is 1. The number of pyridine rings is 1. The lowest BCUT2D eigenvalue weighted by Crippen LogP contribution is -2.12. The topological polar surface area (TPSA) is 68.3 Å². The first-order valence-corrected chi connectivity index (χ1v) is 7.93. The molecule has 1 fully saturated rings. The van der Waals surface area contributed by atoms with Gasteiger partial charge in [0.25, 0.3) is 0 Å². The highest BCUT2D eigenvalue weighted by Crippen LogP contribution is 2.33. The SMILES string of the molecule is Cc1cc(NC(=O)C2CC2)sc1C(=O)OCc1ccccn1. The molecule has 1 saturated carbocycles. The van der Waals surface area contributed by atoms with Gasteiger partial charge in [0, 0.05) is 12.1 Å². The van der Waals surface area contributed by atoms with E-state index in [2.05, 4.69) is 10.3 Å². The largest absolute Gasteiger partial charge is 0.455 e. The third-order valence-corrected chi connectivity index (χ3v) is 4.51. The number of aryl methyl sites for hydroxylation is 1. The predicted octanol–water partition coefficient (Wildman–Crippen LogP) is 3.16. The van der Waals surface area contributed by atoms with Crippen LogP contribution in [0.3, 0.4) is 0 Å². The molecule has 2 heterocycles. The van der Waals surface area contributed by atoms with Crippen molar-refractivity contribution in [3.63, 3.8) is 0 Å². The van der Waals surface area contributed by atoms with Crippen molar-refractivity contribution in [2.24, 2.45) is 5.92 Å². The maximum atomic E-state index is 12.1. The second kappa shape index (κ2) is 6.27. The molecule has 22 heavy (non-hydrogen) atoms. The van der Waals surface area contributed by atoms with E-state index >= 15 is 0 Å². The summed E-state index contributed by atoms with van der Waals surface area (Å²) < 4.78 is 5.27. The number of carbonyl (C=O) groups excluding carboxylic acids is 2. The highest BCUT2D eigenvalue weighted by atomic mass is 32.1. The van der Waals surface area contributed by atoms with Crippen molar-refractivity contribution in [3.8, 4) is 0 Å². The summed E-state index contributed by atoms with van der Waals surface area (Å²) in [5.41, 5.74) is 1.51. The van der Waals surface area contributed by atoms with Crippen LogP contribution in [0.25, 0.3) is 0 Å². The van der Waals surface area contributed by atoms with E-state index < -0.39 is 0 Å². The summed E-state index contributed by atoms with van der Waals surface area (Å²) in [7, 11) is 0. The second-order valence-electron chi connectivity index (χ2n) is 5.28. The van der Waals surface area contributed by atoms with Gasteiger partial charge in [-0.3, -0.25) is 9.78 Å². The molecule has 0 bridgehead atoms. The Hall–Kier alpha value is -2.21. The molecule has 2 aromatic heterocycles. The van der Waals surface area contributed by atoms with Crippen molar-refractivity contribution in [1.29, 1.82) is 0 Å². The van der Waals surface area contributed by atoms with Gasteiger partial charge >= 0.3 is 5.97 Å². The smallest absolute Gasteiger partial charge is 0.349 e. The maximum Gasteiger partial charge on any atom is 0.349 e. The van der Waals surface area contributed by atoms with E-state index in [0.29, 0.717) is 15.6 Å². The summed E-state index contributed by atoms with van der Waals surface area (Å²) in [6, 6.07) is 7.26. The van der Waals surface area contributed by atoms with Crippen LogP contribution < -0.4 is 5.32 Å². The number of carbonyl (C=O) groups is 2. The van der Waals surface area contributed by atoms with Crippen molar-refractivity contribution in [2.75, 3.05) is 5.32 Å². The molecule has 1 amide bonds. The van der Waals surface area contributed by atoms with Crippen LogP contribution >= 0.6 is 11.3 Å². The molecule has 1 aliphatic carbocycles. The number of thiophene rings is 1. The average Bonchev–Trinajstić information content (AvgIpc) is 3.30. The molecule has 0 aromatic carbocycles. The summed E-state index contributed by atoms with van der Waals surface area (Å²) in [5, 5.41) is 3.55. The van der Waals surface area contributed by atoms with Crippen LogP contribution in [0.5, 0.6) is 0 Å². The molecule has 1 aliphatic rings. The minimum atomic E-state index is -0.389. The Morgan fingerprint density at radius 2 is 2.23 bits per heavy atom. The van der Waals surface area contributed by atoms with Crippen LogP contribution in [0.1, 0.15) is 33.8 Å². The number of hydrogen-bond acceptors (Lipinski definition) is 5. The highest BCUT2D eigenvalue weighted by molar-refractivity contribution is 7.18. The monoisotopic (exact) mass is 316 g/mol. The molecule has 3 rings (SSSR count). The number of anilines is 1. The van der Waals surface area contributed by atoms with E-state index in [4.69, 9.17) is 4.74 Å². The third-order valence-electron chi connectivity index (χ3n) is 3.38. The van der Waals surface area contributed by atoms with Crippen LogP contribution in [0.4, 0.5) is 5.00 Å². The maximum absolute atomic E-state index is 12.1. The third kappa shape index (κ3) is 3.51. The molecule has 0 unspecified atom stereocenters. The number of amides is 1. The summed E-state index contributed by atoms with van der Waals surface area (Å²) in [6.07, 6.45) is 3.56. The number of ether oxygens (including phenoxy) is 1. The van der Waals surface area contributed by atoms with Gasteiger partial charge in [-0.05, 0) is 43.5 Å². The van der Waals surface area contributed by atoms with Crippen molar-refractivity contribution in [2.45, 2.75) is 26.4 Å². The van der Waals surface area contributed by atoms with Gasteiger partial charge in [-0.2, -0.15) is 0 Å². The first kappa shape index (κ1) is 14.7. The minimum absolute atomic E-state index is 0.0367. The zero-order valence-electron chi connectivity index (χ0n) is 12.2. The molecule has 5 nitrogen and oxygen atoms in total. The molecular formula is C16H16N2O3S. The Kier molecular flexibility index (Phi) is 4.20. The molecule has 0 atom stereocenters. The second-order valence-corrected chi connectivity index (χ2v) is 6.34. The Morgan fingerprint density at radius 1 is 1.41 bits per heavy atom. The average molecular weight is 316 g/mol.